The van der Waals surface area contributed by atoms with E-state index >= 15 is 0 Å². The van der Waals surface area contributed by atoms with Crippen LogP contribution in [0.4, 0.5) is 26.3 Å². The number of nitrogens with zero attached hydrogens (tertiary/aromatic N) is 2. The SMILES string of the molecule is CC(C)[C@]1(C(=O)N2CCc3ccc(C(F)(F)F)cc3C2)CC[C@@H](N2CCC(C(F)(F)F)C2)C1. The molecule has 3 aliphatic rings. The summed E-state index contributed by atoms with van der Waals surface area (Å²) >= 11 is 0. The number of hydrogen-bond donors (Lipinski definition) is 0. The van der Waals surface area contributed by atoms with Gasteiger partial charge in [-0.1, -0.05) is 19.9 Å². The minimum Gasteiger partial charge on any atom is -0.338 e. The number of likely N-dealkylation sites (tertiary alicyclic amines) is 1. The van der Waals surface area contributed by atoms with Crippen molar-refractivity contribution in [2.75, 3.05) is 19.6 Å². The molecule has 0 spiro atoms. The van der Waals surface area contributed by atoms with Gasteiger partial charge in [0.05, 0.1) is 16.9 Å². The Kier molecular flexibility index (Phi) is 6.25. The van der Waals surface area contributed by atoms with E-state index in [4.69, 9.17) is 0 Å². The molecule has 2 heterocycles. The minimum atomic E-state index is -4.44. The van der Waals surface area contributed by atoms with E-state index in [0.717, 1.165) is 17.7 Å². The van der Waals surface area contributed by atoms with Crippen molar-refractivity contribution >= 4 is 5.91 Å². The highest BCUT2D eigenvalue weighted by Gasteiger charge is 2.53. The van der Waals surface area contributed by atoms with Crippen LogP contribution in [-0.4, -0.2) is 47.6 Å². The highest BCUT2D eigenvalue weighted by atomic mass is 19.4. The number of benzene rings is 1. The molecule has 33 heavy (non-hydrogen) atoms. The Morgan fingerprint density at radius 3 is 2.39 bits per heavy atom. The molecule has 1 saturated heterocycles. The smallest absolute Gasteiger partial charge is 0.338 e. The predicted molar refractivity (Wildman–Crippen MR) is 111 cm³/mol. The number of carbonyl (C=O) groups is 1. The summed E-state index contributed by atoms with van der Waals surface area (Å²) in [5.74, 6) is -1.41. The van der Waals surface area contributed by atoms with Crippen LogP contribution >= 0.6 is 0 Å². The second-order valence-corrected chi connectivity index (χ2v) is 10.2. The molecular formula is C24H30F6N2O. The van der Waals surface area contributed by atoms with Gasteiger partial charge < -0.3 is 4.90 Å². The van der Waals surface area contributed by atoms with Gasteiger partial charge in [0.1, 0.15) is 0 Å². The minimum absolute atomic E-state index is 0.0149. The van der Waals surface area contributed by atoms with Crippen molar-refractivity contribution in [3.8, 4) is 0 Å². The summed E-state index contributed by atoms with van der Waals surface area (Å²) in [4.78, 5) is 17.3. The maximum atomic E-state index is 13.7. The van der Waals surface area contributed by atoms with Crippen molar-refractivity contribution in [1.82, 2.24) is 9.80 Å². The molecule has 1 aromatic carbocycles. The van der Waals surface area contributed by atoms with Gasteiger partial charge in [0.2, 0.25) is 5.91 Å². The van der Waals surface area contributed by atoms with Crippen LogP contribution in [-0.2, 0) is 23.9 Å². The number of rotatable bonds is 3. The van der Waals surface area contributed by atoms with Gasteiger partial charge in [-0.15, -0.1) is 0 Å². The highest BCUT2D eigenvalue weighted by molar-refractivity contribution is 5.84. The summed E-state index contributed by atoms with van der Waals surface area (Å²) < 4.78 is 78.9. The monoisotopic (exact) mass is 476 g/mol. The largest absolute Gasteiger partial charge is 0.416 e. The standard InChI is InChI=1S/C24H30F6N2O/c1-15(2)22(8-5-20(12-22)31-10-7-19(14-31)24(28,29)30)21(33)32-9-6-16-3-4-18(23(25,26)27)11-17(16)13-32/h3-4,11,15,19-20H,5-10,12-14H2,1-2H3/t19?,20-,22+/m1/s1. The number of amides is 1. The van der Waals surface area contributed by atoms with Crippen LogP contribution in [0.15, 0.2) is 18.2 Å². The first kappa shape index (κ1) is 24.4. The van der Waals surface area contributed by atoms with Gasteiger partial charge in [0, 0.05) is 25.7 Å². The topological polar surface area (TPSA) is 23.6 Å². The summed E-state index contributed by atoms with van der Waals surface area (Å²) in [6.45, 7) is 4.86. The van der Waals surface area contributed by atoms with Gasteiger partial charge >= 0.3 is 12.4 Å². The van der Waals surface area contributed by atoms with Crippen LogP contribution < -0.4 is 0 Å². The first-order valence-electron chi connectivity index (χ1n) is 11.6. The summed E-state index contributed by atoms with van der Waals surface area (Å²) in [5, 5.41) is 0. The van der Waals surface area contributed by atoms with E-state index in [9.17, 15) is 31.1 Å². The zero-order chi connectivity index (χ0) is 24.2. The number of halogens is 6. The molecule has 2 fully saturated rings. The molecule has 1 unspecified atom stereocenters. The molecule has 2 aliphatic heterocycles. The normalized spacial score (nSPS) is 29.1. The first-order valence-corrected chi connectivity index (χ1v) is 11.6. The van der Waals surface area contributed by atoms with Crippen LogP contribution in [0.25, 0.3) is 0 Å². The third-order valence-electron chi connectivity index (χ3n) is 8.09. The Bertz CT molecular complexity index is 896. The van der Waals surface area contributed by atoms with E-state index in [1.54, 1.807) is 4.90 Å². The number of hydrogen-bond acceptors (Lipinski definition) is 2. The summed E-state index contributed by atoms with van der Waals surface area (Å²) in [6, 6.07) is 3.64. The Labute approximate surface area is 190 Å². The van der Waals surface area contributed by atoms with Crippen molar-refractivity contribution in [2.45, 2.75) is 70.9 Å². The van der Waals surface area contributed by atoms with Crippen molar-refractivity contribution in [3.05, 3.63) is 34.9 Å². The Morgan fingerprint density at radius 1 is 1.06 bits per heavy atom. The van der Waals surface area contributed by atoms with Crippen LogP contribution in [0.2, 0.25) is 0 Å². The van der Waals surface area contributed by atoms with Crippen molar-refractivity contribution in [3.63, 3.8) is 0 Å². The Morgan fingerprint density at radius 2 is 1.79 bits per heavy atom. The number of carbonyl (C=O) groups excluding carboxylic acids is 1. The summed E-state index contributed by atoms with van der Waals surface area (Å²) in [7, 11) is 0. The van der Waals surface area contributed by atoms with E-state index in [1.165, 1.54) is 6.07 Å². The van der Waals surface area contributed by atoms with Crippen LogP contribution in [0, 0.1) is 17.3 Å². The molecule has 9 heteroatoms. The molecule has 1 amide bonds. The highest BCUT2D eigenvalue weighted by Crippen LogP contribution is 2.49. The summed E-state index contributed by atoms with van der Waals surface area (Å²) in [6.07, 6.45) is -6.30. The van der Waals surface area contributed by atoms with E-state index in [2.05, 4.69) is 0 Å². The number of fused-ring (bicyclic) bond motifs is 1. The third kappa shape index (κ3) is 4.62. The third-order valence-corrected chi connectivity index (χ3v) is 8.09. The van der Waals surface area contributed by atoms with Crippen LogP contribution in [0.3, 0.4) is 0 Å². The van der Waals surface area contributed by atoms with Gasteiger partial charge in [-0.2, -0.15) is 26.3 Å². The van der Waals surface area contributed by atoms with Gasteiger partial charge in [-0.25, -0.2) is 0 Å². The quantitative estimate of drug-likeness (QED) is 0.525. The van der Waals surface area contributed by atoms with Gasteiger partial charge in [0.15, 0.2) is 0 Å². The molecule has 1 aromatic rings. The maximum Gasteiger partial charge on any atom is 0.416 e. The molecule has 0 radical (unpaired) electrons. The van der Waals surface area contributed by atoms with Crippen molar-refractivity contribution in [2.24, 2.45) is 17.3 Å². The van der Waals surface area contributed by atoms with E-state index in [0.29, 0.717) is 44.3 Å². The van der Waals surface area contributed by atoms with E-state index in [-0.39, 0.29) is 37.4 Å². The lowest BCUT2D eigenvalue weighted by molar-refractivity contribution is -0.171. The second-order valence-electron chi connectivity index (χ2n) is 10.2. The lowest BCUT2D eigenvalue weighted by Crippen LogP contribution is -2.48. The van der Waals surface area contributed by atoms with Gasteiger partial charge in [-0.05, 0) is 67.8 Å². The molecule has 1 aliphatic carbocycles. The van der Waals surface area contributed by atoms with Crippen molar-refractivity contribution < 1.29 is 31.1 Å². The van der Waals surface area contributed by atoms with Gasteiger partial charge in [-0.3, -0.25) is 9.69 Å². The van der Waals surface area contributed by atoms with Gasteiger partial charge in [0.25, 0.3) is 0 Å². The predicted octanol–water partition coefficient (Wildman–Crippen LogP) is 5.67. The zero-order valence-corrected chi connectivity index (χ0v) is 18.9. The van der Waals surface area contributed by atoms with E-state index < -0.39 is 29.2 Å². The second kappa shape index (κ2) is 8.47. The average molecular weight is 477 g/mol. The molecule has 0 aromatic heterocycles. The first-order chi connectivity index (χ1) is 15.3. The molecule has 184 valence electrons. The zero-order valence-electron chi connectivity index (χ0n) is 18.9. The van der Waals surface area contributed by atoms with Crippen LogP contribution in [0.5, 0.6) is 0 Å². The maximum absolute atomic E-state index is 13.7. The van der Waals surface area contributed by atoms with Crippen LogP contribution in [0.1, 0.15) is 56.2 Å². The molecule has 4 rings (SSSR count). The van der Waals surface area contributed by atoms with Crippen molar-refractivity contribution in [1.29, 1.82) is 0 Å². The number of alkyl halides is 6. The molecular weight excluding hydrogens is 446 g/mol. The Balaban J connectivity index is 1.50. The fraction of sp³-hybridized carbons (Fsp3) is 0.708. The molecule has 3 atom stereocenters. The molecule has 0 bridgehead atoms. The molecule has 0 N–H and O–H groups in total. The fourth-order valence-corrected chi connectivity index (χ4v) is 5.93. The molecule has 1 saturated carbocycles. The fourth-order valence-electron chi connectivity index (χ4n) is 5.93. The summed E-state index contributed by atoms with van der Waals surface area (Å²) in [5.41, 5.74) is -0.0703. The lowest BCUT2D eigenvalue weighted by atomic mass is 9.73. The average Bonchev–Trinajstić information content (AvgIpc) is 3.39. The molecule has 3 nitrogen and oxygen atoms in total. The van der Waals surface area contributed by atoms with E-state index in [1.807, 2.05) is 18.7 Å². The Hall–Kier alpha value is -1.77. The lowest BCUT2D eigenvalue weighted by Gasteiger charge is -2.40.